The largest absolute Gasteiger partial charge is 0.354 e. The molecule has 0 radical (unpaired) electrons. The second-order valence-corrected chi connectivity index (χ2v) is 12.0. The van der Waals surface area contributed by atoms with Crippen LogP contribution in [0.2, 0.25) is 10.0 Å². The molecule has 0 unspecified atom stereocenters. The summed E-state index contributed by atoms with van der Waals surface area (Å²) >= 11 is 12.1. The number of halogens is 2. The number of anilines is 1. The van der Waals surface area contributed by atoms with Crippen LogP contribution in [-0.2, 0) is 26.2 Å². The predicted octanol–water partition coefficient (Wildman–Crippen LogP) is 5.83. The number of nitrogens with one attached hydrogen (secondary N) is 1. The van der Waals surface area contributed by atoms with Crippen molar-refractivity contribution in [2.45, 2.75) is 51.1 Å². The van der Waals surface area contributed by atoms with Gasteiger partial charge >= 0.3 is 0 Å². The van der Waals surface area contributed by atoms with Crippen molar-refractivity contribution in [3.63, 3.8) is 0 Å². The Morgan fingerprint density at radius 3 is 2.03 bits per heavy atom. The molecule has 3 rings (SSSR count). The molecule has 0 spiro atoms. The molecule has 1 N–H and O–H groups in total. The molecule has 0 bridgehead atoms. The monoisotopic (exact) mass is 589 g/mol. The smallest absolute Gasteiger partial charge is 0.264 e. The van der Waals surface area contributed by atoms with E-state index in [9.17, 15) is 18.0 Å². The third kappa shape index (κ3) is 8.21. The molecule has 208 valence electrons. The summed E-state index contributed by atoms with van der Waals surface area (Å²) in [5, 5.41) is 3.84. The minimum atomic E-state index is -4.13. The minimum absolute atomic E-state index is 0.0467. The van der Waals surface area contributed by atoms with Crippen molar-refractivity contribution in [2.75, 3.05) is 17.4 Å². The Hall–Kier alpha value is -3.07. The van der Waals surface area contributed by atoms with Crippen molar-refractivity contribution in [3.05, 3.63) is 94.0 Å². The maximum Gasteiger partial charge on any atom is 0.264 e. The lowest BCUT2D eigenvalue weighted by Gasteiger charge is -2.32. The summed E-state index contributed by atoms with van der Waals surface area (Å²) in [4.78, 5) is 28.3. The Kier molecular flexibility index (Phi) is 10.8. The van der Waals surface area contributed by atoms with Gasteiger partial charge in [-0.1, -0.05) is 66.4 Å². The Morgan fingerprint density at radius 2 is 1.46 bits per heavy atom. The van der Waals surface area contributed by atoms with Crippen LogP contribution < -0.4 is 9.62 Å². The van der Waals surface area contributed by atoms with Crippen LogP contribution in [0.5, 0.6) is 0 Å². The van der Waals surface area contributed by atoms with Crippen molar-refractivity contribution in [1.29, 1.82) is 0 Å². The van der Waals surface area contributed by atoms with E-state index < -0.39 is 28.5 Å². The molecule has 39 heavy (non-hydrogen) atoms. The van der Waals surface area contributed by atoms with E-state index in [0.717, 1.165) is 28.3 Å². The maximum atomic E-state index is 13.9. The highest BCUT2D eigenvalue weighted by Gasteiger charge is 2.32. The second kappa shape index (κ2) is 13.8. The molecule has 0 fully saturated rings. The molecule has 3 aromatic carbocycles. The van der Waals surface area contributed by atoms with Gasteiger partial charge in [0.05, 0.1) is 10.6 Å². The van der Waals surface area contributed by atoms with Crippen molar-refractivity contribution in [2.24, 2.45) is 0 Å². The van der Waals surface area contributed by atoms with Crippen LogP contribution in [0.3, 0.4) is 0 Å². The normalized spacial score (nSPS) is 12.0. The van der Waals surface area contributed by atoms with Gasteiger partial charge in [0.25, 0.3) is 10.0 Å². The van der Waals surface area contributed by atoms with Gasteiger partial charge in [-0.2, -0.15) is 0 Å². The minimum Gasteiger partial charge on any atom is -0.354 e. The Balaban J connectivity index is 1.98. The first-order chi connectivity index (χ1) is 18.5. The summed E-state index contributed by atoms with van der Waals surface area (Å²) in [6, 6.07) is 18.7. The first-order valence-corrected chi connectivity index (χ1v) is 14.9. The van der Waals surface area contributed by atoms with Crippen molar-refractivity contribution >= 4 is 50.7 Å². The summed E-state index contributed by atoms with van der Waals surface area (Å²) in [6.07, 6.45) is 1.72. The average Bonchev–Trinajstić information content (AvgIpc) is 2.91. The van der Waals surface area contributed by atoms with Crippen molar-refractivity contribution < 1.29 is 18.0 Å². The predicted molar refractivity (Wildman–Crippen MR) is 157 cm³/mol. The van der Waals surface area contributed by atoms with Crippen molar-refractivity contribution in [3.8, 4) is 0 Å². The number of carbonyl (C=O) groups excluding carboxylic acids is 2. The summed E-state index contributed by atoms with van der Waals surface area (Å²) in [5.41, 5.74) is 1.93. The Morgan fingerprint density at radius 1 is 0.897 bits per heavy atom. The van der Waals surface area contributed by atoms with Gasteiger partial charge in [-0.3, -0.25) is 13.9 Å². The zero-order valence-corrected chi connectivity index (χ0v) is 24.6. The number of sulfonamides is 1. The summed E-state index contributed by atoms with van der Waals surface area (Å²) in [7, 11) is -4.13. The van der Waals surface area contributed by atoms with Gasteiger partial charge in [0.15, 0.2) is 0 Å². The standard InChI is InChI=1S/C29H33Cl2N3O4S/c1-4-5-18-32-29(36)22(3)33(19-23-8-10-24(30)11-9-23)28(35)20-34(26-14-12-25(31)13-15-26)39(37,38)27-16-6-21(2)7-17-27/h6-17,22H,4-5,18-20H2,1-3H3,(H,32,36)/t22-/m0/s1. The van der Waals surface area contributed by atoms with E-state index in [1.54, 1.807) is 67.6 Å². The van der Waals surface area contributed by atoms with E-state index >= 15 is 0 Å². The first kappa shape index (κ1) is 30.5. The highest BCUT2D eigenvalue weighted by atomic mass is 35.5. The van der Waals surface area contributed by atoms with Crippen LogP contribution in [0.1, 0.15) is 37.8 Å². The highest BCUT2D eigenvalue weighted by Crippen LogP contribution is 2.26. The van der Waals surface area contributed by atoms with Crippen LogP contribution in [-0.4, -0.2) is 44.3 Å². The third-order valence-electron chi connectivity index (χ3n) is 6.27. The third-order valence-corrected chi connectivity index (χ3v) is 8.56. The number of unbranched alkanes of at least 4 members (excludes halogenated alkanes) is 1. The lowest BCUT2D eigenvalue weighted by molar-refractivity contribution is -0.139. The first-order valence-electron chi connectivity index (χ1n) is 12.7. The van der Waals surface area contributed by atoms with Crippen LogP contribution in [0.4, 0.5) is 5.69 Å². The lowest BCUT2D eigenvalue weighted by Crippen LogP contribution is -2.51. The molecule has 0 aliphatic carbocycles. The molecule has 2 amide bonds. The van der Waals surface area contributed by atoms with Gasteiger partial charge in [-0.15, -0.1) is 0 Å². The fourth-order valence-electron chi connectivity index (χ4n) is 3.88. The highest BCUT2D eigenvalue weighted by molar-refractivity contribution is 7.92. The summed E-state index contributed by atoms with van der Waals surface area (Å²) < 4.78 is 28.6. The number of benzene rings is 3. The van der Waals surface area contributed by atoms with E-state index in [4.69, 9.17) is 23.2 Å². The molecule has 0 saturated heterocycles. The number of rotatable bonds is 12. The van der Waals surface area contributed by atoms with Gasteiger partial charge in [0.1, 0.15) is 12.6 Å². The number of amides is 2. The topological polar surface area (TPSA) is 86.8 Å². The molecule has 3 aromatic rings. The SMILES string of the molecule is CCCCNC(=O)[C@H](C)N(Cc1ccc(Cl)cc1)C(=O)CN(c1ccc(Cl)cc1)S(=O)(=O)c1ccc(C)cc1. The molecule has 0 aromatic heterocycles. The number of hydrogen-bond acceptors (Lipinski definition) is 4. The second-order valence-electron chi connectivity index (χ2n) is 9.27. The number of nitrogens with zero attached hydrogens (tertiary/aromatic N) is 2. The molecular formula is C29H33Cl2N3O4S. The molecular weight excluding hydrogens is 557 g/mol. The lowest BCUT2D eigenvalue weighted by atomic mass is 10.1. The molecule has 1 atom stereocenters. The van der Waals surface area contributed by atoms with Crippen LogP contribution in [0.25, 0.3) is 0 Å². The van der Waals surface area contributed by atoms with E-state index in [1.807, 2.05) is 13.8 Å². The maximum absolute atomic E-state index is 13.9. The fourth-order valence-corrected chi connectivity index (χ4v) is 5.54. The summed E-state index contributed by atoms with van der Waals surface area (Å²) in [6.45, 7) is 5.58. The van der Waals surface area contributed by atoms with Gasteiger partial charge in [-0.05, 0) is 74.4 Å². The van der Waals surface area contributed by atoms with Gasteiger partial charge < -0.3 is 10.2 Å². The van der Waals surface area contributed by atoms with Crippen LogP contribution in [0, 0.1) is 6.92 Å². The Bertz CT molecular complexity index is 1360. The Labute approximate surface area is 240 Å². The zero-order valence-electron chi connectivity index (χ0n) is 22.2. The summed E-state index contributed by atoms with van der Waals surface area (Å²) in [5.74, 6) is -0.848. The fraction of sp³-hybridized carbons (Fsp3) is 0.310. The zero-order chi connectivity index (χ0) is 28.6. The molecule has 0 aliphatic heterocycles. The average molecular weight is 591 g/mol. The number of hydrogen-bond donors (Lipinski definition) is 1. The van der Waals surface area contributed by atoms with E-state index in [-0.39, 0.29) is 23.0 Å². The van der Waals surface area contributed by atoms with E-state index in [1.165, 1.54) is 17.0 Å². The number of aryl methyl sites for hydroxylation is 1. The van der Waals surface area contributed by atoms with Gasteiger partial charge in [-0.25, -0.2) is 8.42 Å². The van der Waals surface area contributed by atoms with Crippen LogP contribution in [0.15, 0.2) is 77.7 Å². The van der Waals surface area contributed by atoms with Gasteiger partial charge in [0, 0.05) is 23.1 Å². The van der Waals surface area contributed by atoms with E-state index in [0.29, 0.717) is 16.6 Å². The number of carbonyl (C=O) groups is 2. The van der Waals surface area contributed by atoms with Crippen molar-refractivity contribution in [1.82, 2.24) is 10.2 Å². The molecule has 0 heterocycles. The molecule has 0 aliphatic rings. The molecule has 0 saturated carbocycles. The van der Waals surface area contributed by atoms with Crippen LogP contribution >= 0.6 is 23.2 Å². The molecule has 7 nitrogen and oxygen atoms in total. The van der Waals surface area contributed by atoms with Gasteiger partial charge in [0.2, 0.25) is 11.8 Å². The van der Waals surface area contributed by atoms with E-state index in [2.05, 4.69) is 5.32 Å². The molecule has 10 heteroatoms. The quantitative estimate of drug-likeness (QED) is 0.269.